The normalized spacial score (nSPS) is 11.6. The number of likely N-dealkylation sites (N-methyl/N-ethyl adjacent to an activating group) is 1. The van der Waals surface area contributed by atoms with Crippen molar-refractivity contribution in [1.29, 1.82) is 0 Å². The average molecular weight is 256 g/mol. The summed E-state index contributed by atoms with van der Waals surface area (Å²) >= 11 is 6.01. The molecule has 0 amide bonds. The summed E-state index contributed by atoms with van der Waals surface area (Å²) in [4.78, 5) is 0. The molecule has 0 atom stereocenters. The van der Waals surface area contributed by atoms with E-state index in [0.29, 0.717) is 0 Å². The van der Waals surface area contributed by atoms with Gasteiger partial charge < -0.3 is 10.1 Å². The van der Waals surface area contributed by atoms with Crippen LogP contribution in [0.15, 0.2) is 12.1 Å². The van der Waals surface area contributed by atoms with E-state index in [9.17, 15) is 0 Å². The van der Waals surface area contributed by atoms with E-state index in [1.807, 2.05) is 26.0 Å². The highest BCUT2D eigenvalue weighted by Crippen LogP contribution is 2.29. The molecule has 0 bridgehead atoms. The summed E-state index contributed by atoms with van der Waals surface area (Å²) in [7, 11) is 0. The molecule has 0 aliphatic heterocycles. The molecule has 0 spiro atoms. The maximum atomic E-state index is 6.10. The lowest BCUT2D eigenvalue weighted by Gasteiger charge is -2.28. The van der Waals surface area contributed by atoms with E-state index in [1.54, 1.807) is 0 Å². The Morgan fingerprint density at radius 3 is 2.24 bits per heavy atom. The van der Waals surface area contributed by atoms with Gasteiger partial charge in [-0.15, -0.1) is 0 Å². The maximum absolute atomic E-state index is 6.10. The average Bonchev–Trinajstić information content (AvgIpc) is 2.21. The molecular weight excluding hydrogens is 234 g/mol. The molecule has 1 aromatic rings. The molecule has 1 N–H and O–H groups in total. The van der Waals surface area contributed by atoms with Crippen molar-refractivity contribution in [2.45, 2.75) is 40.2 Å². The van der Waals surface area contributed by atoms with Gasteiger partial charge in [0.2, 0.25) is 0 Å². The molecule has 0 saturated carbocycles. The summed E-state index contributed by atoms with van der Waals surface area (Å²) < 4.78 is 6.10. The number of benzene rings is 1. The summed E-state index contributed by atoms with van der Waals surface area (Å²) in [5.74, 6) is 0.942. The molecule has 2 nitrogen and oxygen atoms in total. The third kappa shape index (κ3) is 4.21. The van der Waals surface area contributed by atoms with Crippen molar-refractivity contribution in [3.63, 3.8) is 0 Å². The molecule has 0 aliphatic rings. The van der Waals surface area contributed by atoms with Gasteiger partial charge in [-0.25, -0.2) is 0 Å². The van der Waals surface area contributed by atoms with Gasteiger partial charge >= 0.3 is 0 Å². The molecule has 0 heterocycles. The molecular formula is C14H22ClNO. The van der Waals surface area contributed by atoms with Crippen LogP contribution in [0.4, 0.5) is 0 Å². The van der Waals surface area contributed by atoms with Crippen molar-refractivity contribution in [1.82, 2.24) is 5.32 Å². The lowest BCUT2D eigenvalue weighted by Crippen LogP contribution is -2.40. The number of hydrogen-bond acceptors (Lipinski definition) is 2. The van der Waals surface area contributed by atoms with Gasteiger partial charge in [0.1, 0.15) is 11.4 Å². The number of halogens is 1. The van der Waals surface area contributed by atoms with E-state index >= 15 is 0 Å². The Kier molecular flexibility index (Phi) is 4.84. The predicted octanol–water partition coefficient (Wildman–Crippen LogP) is 3.72. The van der Waals surface area contributed by atoms with Gasteiger partial charge in [-0.2, -0.15) is 0 Å². The first-order valence-corrected chi connectivity index (χ1v) is 6.40. The minimum Gasteiger partial charge on any atom is -0.486 e. The molecule has 0 aromatic heterocycles. The zero-order valence-corrected chi connectivity index (χ0v) is 12.1. The molecule has 1 rings (SSSR count). The van der Waals surface area contributed by atoms with Crippen LogP contribution in [0.1, 0.15) is 31.9 Å². The molecule has 3 heteroatoms. The fourth-order valence-electron chi connectivity index (χ4n) is 1.80. The van der Waals surface area contributed by atoms with Crippen LogP contribution in [0.2, 0.25) is 5.02 Å². The maximum Gasteiger partial charge on any atom is 0.126 e. The third-order valence-corrected chi connectivity index (χ3v) is 2.82. The Hall–Kier alpha value is -0.730. The summed E-state index contributed by atoms with van der Waals surface area (Å²) in [5, 5.41) is 4.07. The monoisotopic (exact) mass is 255 g/mol. The fraction of sp³-hybridized carbons (Fsp3) is 0.571. The SMILES string of the molecule is CCNCC(C)(C)Oc1c(C)cc(Cl)cc1C. The highest BCUT2D eigenvalue weighted by Gasteiger charge is 2.21. The summed E-state index contributed by atoms with van der Waals surface area (Å²) in [6.45, 7) is 12.1. The van der Waals surface area contributed by atoms with Crippen molar-refractivity contribution < 1.29 is 4.74 Å². The van der Waals surface area contributed by atoms with E-state index in [-0.39, 0.29) is 5.60 Å². The van der Waals surface area contributed by atoms with Crippen molar-refractivity contribution in [2.75, 3.05) is 13.1 Å². The van der Waals surface area contributed by atoms with Gasteiger partial charge in [0.05, 0.1) is 0 Å². The molecule has 1 aromatic carbocycles. The molecule has 0 saturated heterocycles. The first kappa shape index (κ1) is 14.3. The number of hydrogen-bond donors (Lipinski definition) is 1. The highest BCUT2D eigenvalue weighted by molar-refractivity contribution is 6.30. The van der Waals surface area contributed by atoms with Crippen molar-refractivity contribution in [2.24, 2.45) is 0 Å². The van der Waals surface area contributed by atoms with E-state index < -0.39 is 0 Å². The molecule has 0 aliphatic carbocycles. The minimum absolute atomic E-state index is 0.223. The Morgan fingerprint density at radius 2 is 1.76 bits per heavy atom. The van der Waals surface area contributed by atoms with Crippen LogP contribution in [0.3, 0.4) is 0 Å². The van der Waals surface area contributed by atoms with Gasteiger partial charge in [-0.05, 0) is 57.5 Å². The van der Waals surface area contributed by atoms with Crippen LogP contribution in [-0.2, 0) is 0 Å². The zero-order valence-electron chi connectivity index (χ0n) is 11.4. The van der Waals surface area contributed by atoms with Crippen LogP contribution < -0.4 is 10.1 Å². The predicted molar refractivity (Wildman–Crippen MR) is 74.2 cm³/mol. The largest absolute Gasteiger partial charge is 0.486 e. The fourth-order valence-corrected chi connectivity index (χ4v) is 2.12. The molecule has 96 valence electrons. The van der Waals surface area contributed by atoms with Crippen LogP contribution in [0.5, 0.6) is 5.75 Å². The van der Waals surface area contributed by atoms with E-state index in [2.05, 4.69) is 26.1 Å². The summed E-state index contributed by atoms with van der Waals surface area (Å²) in [5.41, 5.74) is 1.94. The van der Waals surface area contributed by atoms with Crippen molar-refractivity contribution >= 4 is 11.6 Å². The number of aryl methyl sites for hydroxylation is 2. The standard InChI is InChI=1S/C14H22ClNO/c1-6-16-9-14(4,5)17-13-10(2)7-12(15)8-11(13)3/h7-8,16H,6,9H2,1-5H3. The lowest BCUT2D eigenvalue weighted by molar-refractivity contribution is 0.107. The number of ether oxygens (including phenoxy) is 1. The lowest BCUT2D eigenvalue weighted by atomic mass is 10.1. The number of rotatable bonds is 5. The second-order valence-electron chi connectivity index (χ2n) is 5.01. The van der Waals surface area contributed by atoms with Gasteiger partial charge in [-0.1, -0.05) is 18.5 Å². The minimum atomic E-state index is -0.223. The van der Waals surface area contributed by atoms with E-state index in [1.165, 1.54) is 0 Å². The van der Waals surface area contributed by atoms with Gasteiger partial charge in [-0.3, -0.25) is 0 Å². The van der Waals surface area contributed by atoms with Crippen LogP contribution in [-0.4, -0.2) is 18.7 Å². The van der Waals surface area contributed by atoms with Crippen LogP contribution in [0.25, 0.3) is 0 Å². The van der Waals surface area contributed by atoms with E-state index in [0.717, 1.165) is 35.0 Å². The third-order valence-electron chi connectivity index (χ3n) is 2.60. The topological polar surface area (TPSA) is 21.3 Å². The highest BCUT2D eigenvalue weighted by atomic mass is 35.5. The zero-order chi connectivity index (χ0) is 13.1. The second-order valence-corrected chi connectivity index (χ2v) is 5.45. The van der Waals surface area contributed by atoms with E-state index in [4.69, 9.17) is 16.3 Å². The Labute approximate surface area is 109 Å². The quantitative estimate of drug-likeness (QED) is 0.866. The van der Waals surface area contributed by atoms with Crippen LogP contribution >= 0.6 is 11.6 Å². The Balaban J connectivity index is 2.87. The van der Waals surface area contributed by atoms with Gasteiger partial charge in [0, 0.05) is 11.6 Å². The molecule has 17 heavy (non-hydrogen) atoms. The first-order chi connectivity index (χ1) is 7.85. The smallest absolute Gasteiger partial charge is 0.126 e. The van der Waals surface area contributed by atoms with Crippen molar-refractivity contribution in [3.8, 4) is 5.75 Å². The van der Waals surface area contributed by atoms with Crippen LogP contribution in [0, 0.1) is 13.8 Å². The first-order valence-electron chi connectivity index (χ1n) is 6.02. The number of nitrogens with one attached hydrogen (secondary N) is 1. The summed E-state index contributed by atoms with van der Waals surface area (Å²) in [6.07, 6.45) is 0. The molecule has 0 fully saturated rings. The summed E-state index contributed by atoms with van der Waals surface area (Å²) in [6, 6.07) is 3.88. The van der Waals surface area contributed by atoms with Gasteiger partial charge in [0.15, 0.2) is 0 Å². The Morgan fingerprint density at radius 1 is 1.24 bits per heavy atom. The Bertz CT molecular complexity index is 365. The van der Waals surface area contributed by atoms with Crippen molar-refractivity contribution in [3.05, 3.63) is 28.3 Å². The van der Waals surface area contributed by atoms with Gasteiger partial charge in [0.25, 0.3) is 0 Å². The second kappa shape index (κ2) is 5.74. The molecule has 0 radical (unpaired) electrons. The molecule has 0 unspecified atom stereocenters.